The number of benzene rings is 1. The molecule has 146 valence electrons. The molecule has 3 rings (SSSR count). The van der Waals surface area contributed by atoms with Crippen molar-refractivity contribution in [3.05, 3.63) is 65.6 Å². The van der Waals surface area contributed by atoms with Gasteiger partial charge in [-0.2, -0.15) is 13.2 Å². The van der Waals surface area contributed by atoms with Gasteiger partial charge in [-0.3, -0.25) is 4.99 Å². The van der Waals surface area contributed by atoms with Gasteiger partial charge in [0.25, 0.3) is 0 Å². The summed E-state index contributed by atoms with van der Waals surface area (Å²) >= 11 is 0. The van der Waals surface area contributed by atoms with Gasteiger partial charge in [-0.25, -0.2) is 19.4 Å². The third kappa shape index (κ3) is 4.70. The Bertz CT molecular complexity index is 1050. The van der Waals surface area contributed by atoms with Crippen LogP contribution in [0.5, 0.6) is 0 Å². The van der Waals surface area contributed by atoms with Crippen molar-refractivity contribution >= 4 is 17.3 Å². The Morgan fingerprint density at radius 3 is 2.71 bits per heavy atom. The van der Waals surface area contributed by atoms with Crippen LogP contribution in [0.1, 0.15) is 23.9 Å². The minimum atomic E-state index is -4.42. The maximum atomic E-state index is 14.0. The summed E-state index contributed by atoms with van der Waals surface area (Å²) in [4.78, 5) is 15.8. The van der Waals surface area contributed by atoms with Crippen LogP contribution in [-0.2, 0) is 6.42 Å². The quantitative estimate of drug-likeness (QED) is 0.421. The zero-order chi connectivity index (χ0) is 20.3. The molecule has 0 fully saturated rings. The van der Waals surface area contributed by atoms with Crippen molar-refractivity contribution in [3.63, 3.8) is 0 Å². The minimum Gasteiger partial charge on any atom is -0.382 e. The normalized spacial score (nSPS) is 13.3. The number of nitrogens with zero attached hydrogens (tertiary/aromatic N) is 5. The van der Waals surface area contributed by atoms with Crippen LogP contribution in [0, 0.1) is 5.82 Å². The van der Waals surface area contributed by atoms with Crippen LogP contribution in [0.2, 0.25) is 0 Å². The first-order valence-corrected chi connectivity index (χ1v) is 8.21. The molecule has 0 aliphatic carbocycles. The maximum absolute atomic E-state index is 14.0. The van der Waals surface area contributed by atoms with Crippen molar-refractivity contribution in [1.82, 2.24) is 14.4 Å². The molecule has 0 aliphatic heterocycles. The van der Waals surface area contributed by atoms with Gasteiger partial charge in [0.05, 0.1) is 5.69 Å². The Balaban J connectivity index is 1.96. The summed E-state index contributed by atoms with van der Waals surface area (Å²) in [6, 6.07) is 6.27. The number of hydrogen-bond donors (Lipinski definition) is 1. The molecule has 3 aromatic rings. The maximum Gasteiger partial charge on any atom is 0.408 e. The molecule has 2 N–H and O–H groups in total. The fourth-order valence-electron chi connectivity index (χ4n) is 2.53. The van der Waals surface area contributed by atoms with Gasteiger partial charge < -0.3 is 10.1 Å². The van der Waals surface area contributed by atoms with Gasteiger partial charge in [0.2, 0.25) is 0 Å². The third-order valence-electron chi connectivity index (χ3n) is 3.79. The van der Waals surface area contributed by atoms with E-state index in [1.165, 1.54) is 13.0 Å². The van der Waals surface area contributed by atoms with Gasteiger partial charge in [0, 0.05) is 25.0 Å². The molecule has 28 heavy (non-hydrogen) atoms. The number of rotatable bonds is 4. The number of alkyl halides is 3. The molecule has 0 aliphatic rings. The van der Waals surface area contributed by atoms with E-state index in [2.05, 4.69) is 20.0 Å². The molecule has 0 saturated carbocycles. The lowest BCUT2D eigenvalue weighted by atomic mass is 10.1. The molecule has 1 aromatic carbocycles. The van der Waals surface area contributed by atoms with Crippen LogP contribution in [-0.4, -0.2) is 38.8 Å². The van der Waals surface area contributed by atoms with Gasteiger partial charge in [0.1, 0.15) is 23.9 Å². The fourth-order valence-corrected chi connectivity index (χ4v) is 2.53. The van der Waals surface area contributed by atoms with Crippen LogP contribution in [0.25, 0.3) is 5.65 Å². The van der Waals surface area contributed by atoms with E-state index < -0.39 is 12.7 Å². The van der Waals surface area contributed by atoms with Crippen molar-refractivity contribution in [2.45, 2.75) is 19.5 Å². The SMILES string of the molecule is CC(=NCC(F)(F)F)N=C(N)c1cn2ccnc2c(Cc2ccccc2F)n1. The van der Waals surface area contributed by atoms with E-state index >= 15 is 0 Å². The van der Waals surface area contributed by atoms with Crippen molar-refractivity contribution in [2.24, 2.45) is 15.7 Å². The fraction of sp³-hybridized carbons (Fsp3) is 0.222. The molecular formula is C18H16F4N6. The highest BCUT2D eigenvalue weighted by Gasteiger charge is 2.26. The van der Waals surface area contributed by atoms with Crippen LogP contribution < -0.4 is 5.73 Å². The Hall–Kier alpha value is -3.30. The van der Waals surface area contributed by atoms with E-state index in [4.69, 9.17) is 5.73 Å². The van der Waals surface area contributed by atoms with Crippen molar-refractivity contribution in [1.29, 1.82) is 0 Å². The standard InChI is InChI=1S/C18H16F4N6/c1-11(25-10-18(20,21)22)26-16(23)15-9-28-7-6-24-17(28)14(27-15)8-12-4-2-3-5-13(12)19/h2-7,9H,8,10H2,1H3,(H2,23,25,26). The average molecular weight is 392 g/mol. The highest BCUT2D eigenvalue weighted by atomic mass is 19.4. The van der Waals surface area contributed by atoms with Gasteiger partial charge in [-0.05, 0) is 18.6 Å². The number of amidine groups is 2. The molecule has 0 atom stereocenters. The van der Waals surface area contributed by atoms with Gasteiger partial charge >= 0.3 is 6.18 Å². The van der Waals surface area contributed by atoms with Crippen LogP contribution >= 0.6 is 0 Å². The molecule has 0 unspecified atom stereocenters. The summed E-state index contributed by atoms with van der Waals surface area (Å²) in [5.41, 5.74) is 7.52. The van der Waals surface area contributed by atoms with E-state index in [0.717, 1.165) is 0 Å². The van der Waals surface area contributed by atoms with Crippen molar-refractivity contribution < 1.29 is 17.6 Å². The molecule has 2 aromatic heterocycles. The minimum absolute atomic E-state index is 0.103. The Kier molecular flexibility index (Phi) is 5.39. The predicted molar refractivity (Wildman–Crippen MR) is 96.9 cm³/mol. The lowest BCUT2D eigenvalue weighted by Crippen LogP contribution is -2.20. The average Bonchev–Trinajstić information content (AvgIpc) is 3.10. The zero-order valence-corrected chi connectivity index (χ0v) is 14.8. The topological polar surface area (TPSA) is 80.9 Å². The zero-order valence-electron chi connectivity index (χ0n) is 14.8. The molecule has 0 saturated heterocycles. The summed E-state index contributed by atoms with van der Waals surface area (Å²) in [6.07, 6.45) is 0.489. The number of hydrogen-bond acceptors (Lipinski definition) is 3. The molecule has 10 heteroatoms. The molecule has 6 nitrogen and oxygen atoms in total. The van der Waals surface area contributed by atoms with Crippen LogP contribution in [0.4, 0.5) is 17.6 Å². The monoisotopic (exact) mass is 392 g/mol. The largest absolute Gasteiger partial charge is 0.408 e. The number of fused-ring (bicyclic) bond motifs is 1. The van der Waals surface area contributed by atoms with E-state index in [-0.39, 0.29) is 29.6 Å². The lowest BCUT2D eigenvalue weighted by molar-refractivity contribution is -0.118. The smallest absolute Gasteiger partial charge is 0.382 e. The third-order valence-corrected chi connectivity index (χ3v) is 3.79. The first kappa shape index (κ1) is 19.5. The molecule has 2 heterocycles. The molecule has 0 radical (unpaired) electrons. The van der Waals surface area contributed by atoms with E-state index in [1.54, 1.807) is 41.2 Å². The van der Waals surface area contributed by atoms with Gasteiger partial charge in [0.15, 0.2) is 11.5 Å². The van der Waals surface area contributed by atoms with Crippen LogP contribution in [0.15, 0.2) is 52.8 Å². The van der Waals surface area contributed by atoms with Crippen molar-refractivity contribution in [2.75, 3.05) is 6.54 Å². The highest BCUT2D eigenvalue weighted by molar-refractivity contribution is 6.03. The number of aliphatic imine (C=N–C) groups is 2. The molecule has 0 amide bonds. The van der Waals surface area contributed by atoms with Gasteiger partial charge in [-0.1, -0.05) is 18.2 Å². The Labute approximate surface area is 157 Å². The Morgan fingerprint density at radius 1 is 1.25 bits per heavy atom. The van der Waals surface area contributed by atoms with Gasteiger partial charge in [-0.15, -0.1) is 0 Å². The number of nitrogens with two attached hydrogens (primary N) is 1. The second-order valence-corrected chi connectivity index (χ2v) is 5.97. The van der Waals surface area contributed by atoms with Crippen molar-refractivity contribution in [3.8, 4) is 0 Å². The lowest BCUT2D eigenvalue weighted by Gasteiger charge is -2.08. The predicted octanol–water partition coefficient (Wildman–Crippen LogP) is 3.15. The van der Waals surface area contributed by atoms with Crippen LogP contribution in [0.3, 0.4) is 0 Å². The second-order valence-electron chi connectivity index (χ2n) is 5.97. The van der Waals surface area contributed by atoms with E-state index in [0.29, 0.717) is 16.9 Å². The number of aromatic nitrogens is 3. The molecular weight excluding hydrogens is 376 g/mol. The Morgan fingerprint density at radius 2 is 2.00 bits per heavy atom. The van der Waals surface area contributed by atoms with E-state index in [1.807, 2.05) is 0 Å². The summed E-state index contributed by atoms with van der Waals surface area (Å²) in [7, 11) is 0. The molecule has 0 bridgehead atoms. The van der Waals surface area contributed by atoms with E-state index in [9.17, 15) is 17.6 Å². The summed E-state index contributed by atoms with van der Waals surface area (Å²) in [5.74, 6) is -0.608. The first-order valence-electron chi connectivity index (χ1n) is 8.21. The summed E-state index contributed by atoms with van der Waals surface area (Å²) in [6.45, 7) is -0.0310. The second kappa shape index (κ2) is 7.75. The number of imidazole rings is 1. The summed E-state index contributed by atoms with van der Waals surface area (Å²) < 4.78 is 52.4. The summed E-state index contributed by atoms with van der Waals surface area (Å²) in [5, 5.41) is 0. The highest BCUT2D eigenvalue weighted by Crippen LogP contribution is 2.17. The molecule has 0 spiro atoms. The first-order chi connectivity index (χ1) is 13.2. The number of halogens is 4.